The first-order chi connectivity index (χ1) is 9.86. The number of carbonyl (C=O) groups is 1. The Hall–Kier alpha value is -1.93. The van der Waals surface area contributed by atoms with E-state index in [1.165, 1.54) is 5.56 Å². The summed E-state index contributed by atoms with van der Waals surface area (Å²) in [5.41, 5.74) is 1.99. The average molecular weight is 268 g/mol. The molecular formula is C18H20O2. The molecule has 20 heavy (non-hydrogen) atoms. The maximum atomic E-state index is 11.9. The van der Waals surface area contributed by atoms with Crippen molar-refractivity contribution in [1.29, 1.82) is 0 Å². The summed E-state index contributed by atoms with van der Waals surface area (Å²) in [7, 11) is 0. The highest BCUT2D eigenvalue weighted by atomic mass is 16.5. The maximum absolute atomic E-state index is 11.9. The predicted octanol–water partition coefficient (Wildman–Crippen LogP) is 4.26. The molecule has 0 saturated carbocycles. The molecule has 0 amide bonds. The summed E-state index contributed by atoms with van der Waals surface area (Å²) < 4.78 is 5.60. The van der Waals surface area contributed by atoms with Crippen molar-refractivity contribution in [3.8, 4) is 0 Å². The van der Waals surface area contributed by atoms with E-state index in [9.17, 15) is 4.79 Å². The second-order valence-corrected chi connectivity index (χ2v) is 4.78. The van der Waals surface area contributed by atoms with Crippen LogP contribution in [0.25, 0.3) is 0 Å². The molecule has 0 spiro atoms. The Kier molecular flexibility index (Phi) is 6.00. The number of hydrogen-bond donors (Lipinski definition) is 0. The van der Waals surface area contributed by atoms with Crippen molar-refractivity contribution in [2.24, 2.45) is 0 Å². The second-order valence-electron chi connectivity index (χ2n) is 4.78. The largest absolute Gasteiger partial charge is 0.377 e. The van der Waals surface area contributed by atoms with Crippen LogP contribution in [0.1, 0.15) is 35.2 Å². The highest BCUT2D eigenvalue weighted by Gasteiger charge is 2.04. The van der Waals surface area contributed by atoms with Crippen LogP contribution in [0.15, 0.2) is 60.7 Å². The first-order valence-corrected chi connectivity index (χ1v) is 7.06. The Morgan fingerprint density at radius 2 is 1.50 bits per heavy atom. The Balaban J connectivity index is 1.57. The van der Waals surface area contributed by atoms with E-state index < -0.39 is 0 Å². The lowest BCUT2D eigenvalue weighted by Gasteiger charge is -2.04. The Morgan fingerprint density at radius 1 is 0.850 bits per heavy atom. The van der Waals surface area contributed by atoms with Crippen molar-refractivity contribution in [2.75, 3.05) is 6.61 Å². The molecule has 0 bridgehead atoms. The van der Waals surface area contributed by atoms with Crippen LogP contribution in [0.3, 0.4) is 0 Å². The molecule has 2 heteroatoms. The van der Waals surface area contributed by atoms with Crippen molar-refractivity contribution in [3.63, 3.8) is 0 Å². The maximum Gasteiger partial charge on any atom is 0.162 e. The first kappa shape index (κ1) is 14.5. The van der Waals surface area contributed by atoms with Crippen molar-refractivity contribution in [3.05, 3.63) is 71.8 Å². The average Bonchev–Trinajstić information content (AvgIpc) is 2.52. The number of benzene rings is 2. The van der Waals surface area contributed by atoms with E-state index in [0.717, 1.165) is 18.4 Å². The number of unbranched alkanes of at least 4 members (excludes halogenated alkanes) is 1. The molecule has 2 nitrogen and oxygen atoms in total. The second kappa shape index (κ2) is 8.28. The van der Waals surface area contributed by atoms with Crippen molar-refractivity contribution >= 4 is 5.78 Å². The quantitative estimate of drug-likeness (QED) is 0.528. The number of carbonyl (C=O) groups excluding carboxylic acids is 1. The van der Waals surface area contributed by atoms with E-state index >= 15 is 0 Å². The van der Waals surface area contributed by atoms with Crippen LogP contribution in [0.4, 0.5) is 0 Å². The summed E-state index contributed by atoms with van der Waals surface area (Å²) in [4.78, 5) is 11.9. The molecule has 2 rings (SSSR count). The summed E-state index contributed by atoms with van der Waals surface area (Å²) in [6, 6.07) is 19.6. The SMILES string of the molecule is O=C(CCCCOCc1ccccc1)c1ccccc1. The molecule has 0 atom stereocenters. The normalized spacial score (nSPS) is 10.4. The minimum atomic E-state index is 0.216. The van der Waals surface area contributed by atoms with E-state index in [2.05, 4.69) is 12.1 Å². The molecule has 0 aliphatic heterocycles. The third-order valence-corrected chi connectivity index (χ3v) is 3.15. The van der Waals surface area contributed by atoms with Crippen LogP contribution in [0.2, 0.25) is 0 Å². The number of hydrogen-bond acceptors (Lipinski definition) is 2. The molecule has 0 radical (unpaired) electrons. The van der Waals surface area contributed by atoms with Gasteiger partial charge in [0.15, 0.2) is 5.78 Å². The van der Waals surface area contributed by atoms with Gasteiger partial charge < -0.3 is 4.74 Å². The fraction of sp³-hybridized carbons (Fsp3) is 0.278. The molecule has 0 saturated heterocycles. The Bertz CT molecular complexity index is 505. The van der Waals surface area contributed by atoms with Gasteiger partial charge in [-0.05, 0) is 18.4 Å². The minimum absolute atomic E-state index is 0.216. The summed E-state index contributed by atoms with van der Waals surface area (Å²) in [6.45, 7) is 1.35. The van der Waals surface area contributed by atoms with Gasteiger partial charge in [0.25, 0.3) is 0 Å². The molecular weight excluding hydrogens is 248 g/mol. The van der Waals surface area contributed by atoms with E-state index in [0.29, 0.717) is 19.6 Å². The molecule has 0 fully saturated rings. The number of rotatable bonds is 8. The lowest BCUT2D eigenvalue weighted by Crippen LogP contribution is -2.00. The van der Waals surface area contributed by atoms with Crippen LogP contribution in [-0.4, -0.2) is 12.4 Å². The molecule has 0 aliphatic carbocycles. The zero-order valence-electron chi connectivity index (χ0n) is 11.6. The lowest BCUT2D eigenvalue weighted by atomic mass is 10.1. The van der Waals surface area contributed by atoms with Gasteiger partial charge in [0, 0.05) is 18.6 Å². The minimum Gasteiger partial charge on any atom is -0.377 e. The lowest BCUT2D eigenvalue weighted by molar-refractivity contribution is 0.0959. The third kappa shape index (κ3) is 4.98. The van der Waals surface area contributed by atoms with Gasteiger partial charge in [-0.25, -0.2) is 0 Å². The predicted molar refractivity (Wildman–Crippen MR) is 80.7 cm³/mol. The van der Waals surface area contributed by atoms with Gasteiger partial charge in [-0.3, -0.25) is 4.79 Å². The van der Waals surface area contributed by atoms with Gasteiger partial charge >= 0.3 is 0 Å². The molecule has 0 aliphatic rings. The molecule has 2 aromatic carbocycles. The van der Waals surface area contributed by atoms with Gasteiger partial charge in [0.2, 0.25) is 0 Å². The highest BCUT2D eigenvalue weighted by Crippen LogP contribution is 2.07. The number of Topliss-reactive ketones (excluding diaryl/α,β-unsaturated/α-hetero) is 1. The molecule has 2 aromatic rings. The monoisotopic (exact) mass is 268 g/mol. The van der Waals surface area contributed by atoms with E-state index in [1.54, 1.807) is 0 Å². The van der Waals surface area contributed by atoms with E-state index in [4.69, 9.17) is 4.74 Å². The molecule has 0 N–H and O–H groups in total. The summed E-state index contributed by atoms with van der Waals surface area (Å²) in [5, 5.41) is 0. The van der Waals surface area contributed by atoms with Crippen molar-refractivity contribution in [1.82, 2.24) is 0 Å². The van der Waals surface area contributed by atoms with Crippen molar-refractivity contribution < 1.29 is 9.53 Å². The van der Waals surface area contributed by atoms with Gasteiger partial charge in [-0.1, -0.05) is 60.7 Å². The van der Waals surface area contributed by atoms with E-state index in [-0.39, 0.29) is 5.78 Å². The van der Waals surface area contributed by atoms with Crippen molar-refractivity contribution in [2.45, 2.75) is 25.9 Å². The van der Waals surface area contributed by atoms with E-state index in [1.807, 2.05) is 48.5 Å². The van der Waals surface area contributed by atoms with Crippen LogP contribution < -0.4 is 0 Å². The van der Waals surface area contributed by atoms with Gasteiger partial charge in [-0.2, -0.15) is 0 Å². The summed E-state index contributed by atoms with van der Waals surface area (Å²) in [6.07, 6.45) is 2.40. The zero-order chi connectivity index (χ0) is 14.0. The fourth-order valence-corrected chi connectivity index (χ4v) is 2.02. The smallest absolute Gasteiger partial charge is 0.162 e. The number of ether oxygens (including phenoxy) is 1. The van der Waals surface area contributed by atoms with Crippen LogP contribution in [-0.2, 0) is 11.3 Å². The summed E-state index contributed by atoms with van der Waals surface area (Å²) in [5.74, 6) is 0.216. The standard InChI is InChI=1S/C18H20O2/c19-18(17-11-5-2-6-12-17)13-7-8-14-20-15-16-9-3-1-4-10-16/h1-6,9-12H,7-8,13-15H2. The Labute approximate surface area is 120 Å². The first-order valence-electron chi connectivity index (χ1n) is 7.06. The summed E-state index contributed by atoms with van der Waals surface area (Å²) >= 11 is 0. The fourth-order valence-electron chi connectivity index (χ4n) is 2.02. The van der Waals surface area contributed by atoms with Crippen LogP contribution in [0.5, 0.6) is 0 Å². The molecule has 0 aromatic heterocycles. The van der Waals surface area contributed by atoms with Gasteiger partial charge in [-0.15, -0.1) is 0 Å². The topological polar surface area (TPSA) is 26.3 Å². The molecule has 0 unspecified atom stereocenters. The Morgan fingerprint density at radius 3 is 2.20 bits per heavy atom. The van der Waals surface area contributed by atoms with Crippen LogP contribution in [0, 0.1) is 0 Å². The molecule has 0 heterocycles. The third-order valence-electron chi connectivity index (χ3n) is 3.15. The highest BCUT2D eigenvalue weighted by molar-refractivity contribution is 5.95. The zero-order valence-corrected chi connectivity index (χ0v) is 11.6. The van der Waals surface area contributed by atoms with Crippen LogP contribution >= 0.6 is 0 Å². The van der Waals surface area contributed by atoms with Gasteiger partial charge in [0.1, 0.15) is 0 Å². The number of ketones is 1. The van der Waals surface area contributed by atoms with Gasteiger partial charge in [0.05, 0.1) is 6.61 Å². The molecule has 104 valence electrons.